The molecule has 0 unspecified atom stereocenters. The van der Waals surface area contributed by atoms with Crippen molar-refractivity contribution >= 4 is 13.6 Å². The smallest absolute Gasteiger partial charge is 0.332 e. The Balaban J connectivity index is 1.69. The van der Waals surface area contributed by atoms with Crippen LogP contribution < -0.4 is 0 Å². The number of cyclic esters (lactones) is 1. The van der Waals surface area contributed by atoms with Gasteiger partial charge in [0.15, 0.2) is 0 Å². The topological polar surface area (TPSA) is 61.8 Å². The molecule has 0 amide bonds. The van der Waals surface area contributed by atoms with Crippen molar-refractivity contribution in [2.75, 3.05) is 6.16 Å². The summed E-state index contributed by atoms with van der Waals surface area (Å²) in [7, 11) is -3.46. The Kier molecular flexibility index (Phi) is 6.25. The largest absolute Gasteiger partial charge is 0.462 e. The molecule has 1 saturated heterocycles. The number of carbonyl (C=O) groups is 1. The molecule has 26 heavy (non-hydrogen) atoms. The van der Waals surface area contributed by atoms with Gasteiger partial charge in [0.2, 0.25) is 0 Å². The van der Waals surface area contributed by atoms with Crippen molar-refractivity contribution in [3.63, 3.8) is 0 Å². The van der Waals surface area contributed by atoms with Gasteiger partial charge in [-0.15, -0.1) is 0 Å². The Morgan fingerprint density at radius 2 is 1.46 bits per heavy atom. The van der Waals surface area contributed by atoms with Gasteiger partial charge in [0.25, 0.3) is 0 Å². The molecule has 0 saturated carbocycles. The normalized spacial score (nSPS) is 20.1. The highest BCUT2D eigenvalue weighted by molar-refractivity contribution is 7.53. The van der Waals surface area contributed by atoms with Crippen molar-refractivity contribution in [1.29, 1.82) is 0 Å². The van der Waals surface area contributed by atoms with E-state index in [1.807, 2.05) is 67.6 Å². The number of carbonyl (C=O) groups excluding carboxylic acids is 1. The predicted molar refractivity (Wildman–Crippen MR) is 98.6 cm³/mol. The predicted octanol–water partition coefficient (Wildman–Crippen LogP) is 4.56. The maximum Gasteiger partial charge on any atom is 0.332 e. The molecule has 6 heteroatoms. The van der Waals surface area contributed by atoms with Crippen molar-refractivity contribution in [3.05, 3.63) is 71.8 Å². The number of hydrogen-bond donors (Lipinski definition) is 0. The third-order valence-electron chi connectivity index (χ3n) is 4.25. The van der Waals surface area contributed by atoms with Crippen molar-refractivity contribution in [2.45, 2.75) is 32.7 Å². The third-order valence-corrected chi connectivity index (χ3v) is 6.19. The lowest BCUT2D eigenvalue weighted by molar-refractivity contribution is -0.143. The molecule has 0 aromatic heterocycles. The lowest BCUT2D eigenvalue weighted by Gasteiger charge is -2.20. The van der Waals surface area contributed by atoms with E-state index in [-0.39, 0.29) is 31.4 Å². The summed E-state index contributed by atoms with van der Waals surface area (Å²) < 4.78 is 29.9. The SMILES string of the molecule is C[C@@H]1C[C@@H](CP(=O)(OCc2ccccc2)OCc2ccccc2)C(=O)O1. The van der Waals surface area contributed by atoms with Gasteiger partial charge < -0.3 is 13.8 Å². The maximum atomic E-state index is 13.3. The monoisotopic (exact) mass is 374 g/mol. The van der Waals surface area contributed by atoms with Crippen LogP contribution >= 0.6 is 7.60 Å². The highest BCUT2D eigenvalue weighted by Gasteiger charge is 2.39. The van der Waals surface area contributed by atoms with E-state index in [2.05, 4.69) is 0 Å². The standard InChI is InChI=1S/C20H23O5P/c1-16-12-19(20(21)25-16)15-26(22,23-13-17-8-4-2-5-9-17)24-14-18-10-6-3-7-11-18/h2-11,16,19H,12-15H2,1H3/t16-,19+/m1/s1. The van der Waals surface area contributed by atoms with Gasteiger partial charge in [-0.3, -0.25) is 9.36 Å². The van der Waals surface area contributed by atoms with Gasteiger partial charge in [0, 0.05) is 0 Å². The first-order valence-electron chi connectivity index (χ1n) is 8.70. The van der Waals surface area contributed by atoms with Crippen LogP contribution in [-0.4, -0.2) is 18.2 Å². The Morgan fingerprint density at radius 3 is 1.88 bits per heavy atom. The molecule has 0 N–H and O–H groups in total. The van der Waals surface area contributed by atoms with Gasteiger partial charge in [0.1, 0.15) is 0 Å². The van der Waals surface area contributed by atoms with Crippen LogP contribution in [0.1, 0.15) is 24.5 Å². The number of rotatable bonds is 8. The van der Waals surface area contributed by atoms with E-state index in [0.717, 1.165) is 11.1 Å². The van der Waals surface area contributed by atoms with E-state index >= 15 is 0 Å². The summed E-state index contributed by atoms with van der Waals surface area (Å²) in [6.45, 7) is 2.17. The lowest BCUT2D eigenvalue weighted by Crippen LogP contribution is -2.15. The molecular weight excluding hydrogens is 351 g/mol. The zero-order chi connectivity index (χ0) is 18.4. The van der Waals surface area contributed by atoms with Gasteiger partial charge in [-0.05, 0) is 24.5 Å². The van der Waals surface area contributed by atoms with Crippen LogP contribution in [-0.2, 0) is 36.4 Å². The first-order chi connectivity index (χ1) is 12.5. The molecule has 1 heterocycles. The van der Waals surface area contributed by atoms with E-state index in [4.69, 9.17) is 13.8 Å². The van der Waals surface area contributed by atoms with E-state index < -0.39 is 13.5 Å². The fraction of sp³-hybridized carbons (Fsp3) is 0.350. The molecule has 5 nitrogen and oxygen atoms in total. The van der Waals surface area contributed by atoms with Crippen LogP contribution in [0.2, 0.25) is 0 Å². The van der Waals surface area contributed by atoms with Gasteiger partial charge in [-0.2, -0.15) is 0 Å². The van der Waals surface area contributed by atoms with Crippen molar-refractivity contribution in [1.82, 2.24) is 0 Å². The highest BCUT2D eigenvalue weighted by atomic mass is 31.2. The zero-order valence-electron chi connectivity index (χ0n) is 14.7. The van der Waals surface area contributed by atoms with Gasteiger partial charge in [-0.25, -0.2) is 0 Å². The molecule has 0 spiro atoms. The summed E-state index contributed by atoms with van der Waals surface area (Å²) in [4.78, 5) is 12.0. The molecular formula is C20H23O5P. The molecule has 3 rings (SSSR count). The number of hydrogen-bond acceptors (Lipinski definition) is 5. The molecule has 0 bridgehead atoms. The number of ether oxygens (including phenoxy) is 1. The molecule has 0 radical (unpaired) electrons. The Labute approximate surface area is 153 Å². The Hall–Kier alpha value is -1.94. The zero-order valence-corrected chi connectivity index (χ0v) is 15.6. The average Bonchev–Trinajstić information content (AvgIpc) is 2.97. The fourth-order valence-electron chi connectivity index (χ4n) is 2.90. The second-order valence-electron chi connectivity index (χ2n) is 6.49. The van der Waals surface area contributed by atoms with Gasteiger partial charge in [-0.1, -0.05) is 60.7 Å². The summed E-state index contributed by atoms with van der Waals surface area (Å²) in [6.07, 6.45) is 0.409. The summed E-state index contributed by atoms with van der Waals surface area (Å²) in [6, 6.07) is 19.0. The lowest BCUT2D eigenvalue weighted by atomic mass is 10.1. The van der Waals surface area contributed by atoms with Crippen LogP contribution in [0.3, 0.4) is 0 Å². The summed E-state index contributed by atoms with van der Waals surface area (Å²) >= 11 is 0. The molecule has 138 valence electrons. The van der Waals surface area contributed by atoms with Gasteiger partial charge in [0.05, 0.1) is 31.4 Å². The minimum absolute atomic E-state index is 0.0375. The van der Waals surface area contributed by atoms with E-state index in [9.17, 15) is 9.36 Å². The van der Waals surface area contributed by atoms with Crippen molar-refractivity contribution in [3.8, 4) is 0 Å². The minimum Gasteiger partial charge on any atom is -0.462 e. The van der Waals surface area contributed by atoms with E-state index in [0.29, 0.717) is 6.42 Å². The first-order valence-corrected chi connectivity index (χ1v) is 10.4. The van der Waals surface area contributed by atoms with Crippen molar-refractivity contribution < 1.29 is 23.1 Å². The number of esters is 1. The van der Waals surface area contributed by atoms with Crippen LogP contribution in [0.15, 0.2) is 60.7 Å². The highest BCUT2D eigenvalue weighted by Crippen LogP contribution is 2.52. The van der Waals surface area contributed by atoms with Crippen LogP contribution in [0.5, 0.6) is 0 Å². The minimum atomic E-state index is -3.46. The molecule has 1 fully saturated rings. The van der Waals surface area contributed by atoms with Crippen LogP contribution in [0, 0.1) is 5.92 Å². The second-order valence-corrected chi connectivity index (χ2v) is 8.60. The van der Waals surface area contributed by atoms with Gasteiger partial charge >= 0.3 is 13.6 Å². The maximum absolute atomic E-state index is 13.3. The molecule has 0 aliphatic carbocycles. The van der Waals surface area contributed by atoms with E-state index in [1.165, 1.54) is 0 Å². The molecule has 2 atom stereocenters. The van der Waals surface area contributed by atoms with Crippen LogP contribution in [0.25, 0.3) is 0 Å². The van der Waals surface area contributed by atoms with Crippen LogP contribution in [0.4, 0.5) is 0 Å². The molecule has 2 aromatic carbocycles. The number of benzene rings is 2. The molecule has 1 aliphatic heterocycles. The Bertz CT molecular complexity index is 715. The molecule has 1 aliphatic rings. The molecule has 2 aromatic rings. The fourth-order valence-corrected chi connectivity index (χ4v) is 4.71. The summed E-state index contributed by atoms with van der Waals surface area (Å²) in [5, 5.41) is 0. The van der Waals surface area contributed by atoms with Crippen molar-refractivity contribution in [2.24, 2.45) is 5.92 Å². The third kappa shape index (κ3) is 5.28. The summed E-state index contributed by atoms with van der Waals surface area (Å²) in [5.41, 5.74) is 1.80. The van der Waals surface area contributed by atoms with E-state index in [1.54, 1.807) is 0 Å². The second kappa shape index (κ2) is 8.63. The summed E-state index contributed by atoms with van der Waals surface area (Å²) in [5.74, 6) is -0.785. The quantitative estimate of drug-likeness (QED) is 0.501. The Morgan fingerprint density at radius 1 is 0.962 bits per heavy atom. The average molecular weight is 374 g/mol. The first kappa shape index (κ1) is 18.8.